The maximum Gasteiger partial charge on any atom is 0.347 e. The molecule has 2 aromatic rings. The van der Waals surface area contributed by atoms with Crippen molar-refractivity contribution in [2.45, 2.75) is 0 Å². The van der Waals surface area contributed by atoms with E-state index in [1.54, 1.807) is 42.5 Å². The molecule has 0 atom stereocenters. The van der Waals surface area contributed by atoms with Crippen LogP contribution in [0.25, 0.3) is 6.08 Å². The van der Waals surface area contributed by atoms with Crippen LogP contribution < -0.4 is 0 Å². The molecule has 0 aromatic heterocycles. The first-order valence-electron chi connectivity index (χ1n) is 8.43. The van der Waals surface area contributed by atoms with Crippen LogP contribution in [0.5, 0.6) is 0 Å². The van der Waals surface area contributed by atoms with Crippen LogP contribution >= 0.6 is 0 Å². The monoisotopic (exact) mass is 375 g/mol. The molecule has 1 aliphatic rings. The molecular formula is C22H17NO5. The Morgan fingerprint density at radius 3 is 2.21 bits per heavy atom. The Kier molecular flexibility index (Phi) is 5.50. The van der Waals surface area contributed by atoms with Gasteiger partial charge in [0.2, 0.25) is 0 Å². The second-order valence-corrected chi connectivity index (χ2v) is 5.85. The van der Waals surface area contributed by atoms with E-state index in [1.807, 2.05) is 30.3 Å². The lowest BCUT2D eigenvalue weighted by atomic mass is 10.2. The lowest BCUT2D eigenvalue weighted by molar-refractivity contribution is -0.138. The number of amides is 2. The third kappa shape index (κ3) is 3.61. The number of aliphatic hydroxyl groups is 1. The number of allylic oxidation sites excluding steroid dienone is 2. The van der Waals surface area contributed by atoms with Crippen LogP contribution in [0.3, 0.4) is 0 Å². The predicted octanol–water partition coefficient (Wildman–Crippen LogP) is 3.25. The van der Waals surface area contributed by atoms with E-state index in [2.05, 4.69) is 4.74 Å². The Balaban J connectivity index is 2.02. The molecular weight excluding hydrogens is 358 g/mol. The second-order valence-electron chi connectivity index (χ2n) is 5.85. The summed E-state index contributed by atoms with van der Waals surface area (Å²) in [6, 6.07) is 17.5. The molecule has 0 radical (unpaired) electrons. The lowest BCUT2D eigenvalue weighted by Gasteiger charge is -2.16. The van der Waals surface area contributed by atoms with Gasteiger partial charge >= 0.3 is 5.97 Å². The third-order valence-corrected chi connectivity index (χ3v) is 4.09. The molecule has 0 fully saturated rings. The summed E-state index contributed by atoms with van der Waals surface area (Å²) in [5.41, 5.74) is 0.464. The molecule has 0 bridgehead atoms. The standard InChI is InChI=1S/C22H17NO5/c1-28-22(27)18-19(24)17(14-8-11-15-9-4-2-5-10-15)23(21(18)26)20(25)16-12-6-3-7-13-16/h2-14,24H,1H3/b11-8+,17-14+. The van der Waals surface area contributed by atoms with Gasteiger partial charge in [0, 0.05) is 5.56 Å². The van der Waals surface area contributed by atoms with Gasteiger partial charge in [-0.2, -0.15) is 0 Å². The van der Waals surface area contributed by atoms with Gasteiger partial charge in [0.15, 0.2) is 11.3 Å². The van der Waals surface area contributed by atoms with Crippen molar-refractivity contribution in [3.63, 3.8) is 0 Å². The molecule has 140 valence electrons. The predicted molar refractivity (Wildman–Crippen MR) is 103 cm³/mol. The smallest absolute Gasteiger partial charge is 0.347 e. The fourth-order valence-electron chi connectivity index (χ4n) is 2.72. The van der Waals surface area contributed by atoms with Crippen molar-refractivity contribution in [1.29, 1.82) is 0 Å². The van der Waals surface area contributed by atoms with Crippen LogP contribution in [0.4, 0.5) is 0 Å². The fourth-order valence-corrected chi connectivity index (χ4v) is 2.72. The molecule has 6 heteroatoms. The number of methoxy groups -OCH3 is 1. The van der Waals surface area contributed by atoms with E-state index in [9.17, 15) is 19.5 Å². The molecule has 0 spiro atoms. The van der Waals surface area contributed by atoms with E-state index < -0.39 is 29.1 Å². The highest BCUT2D eigenvalue weighted by molar-refractivity contribution is 6.25. The number of ether oxygens (including phenoxy) is 1. The molecule has 28 heavy (non-hydrogen) atoms. The quantitative estimate of drug-likeness (QED) is 0.504. The molecule has 1 N–H and O–H groups in total. The summed E-state index contributed by atoms with van der Waals surface area (Å²) in [6.07, 6.45) is 4.72. The molecule has 0 saturated carbocycles. The Morgan fingerprint density at radius 2 is 1.61 bits per heavy atom. The highest BCUT2D eigenvalue weighted by Gasteiger charge is 2.43. The minimum Gasteiger partial charge on any atom is -0.505 e. The van der Waals surface area contributed by atoms with Gasteiger partial charge in [-0.05, 0) is 23.8 Å². The van der Waals surface area contributed by atoms with E-state index in [4.69, 9.17) is 0 Å². The second kappa shape index (κ2) is 8.18. The van der Waals surface area contributed by atoms with Gasteiger partial charge < -0.3 is 9.84 Å². The number of nitrogens with zero attached hydrogens (tertiary/aromatic N) is 1. The molecule has 2 amide bonds. The van der Waals surface area contributed by atoms with E-state index in [1.165, 1.54) is 6.08 Å². The Bertz CT molecular complexity index is 1000. The summed E-state index contributed by atoms with van der Waals surface area (Å²) < 4.78 is 4.57. The van der Waals surface area contributed by atoms with Crippen LogP contribution in [-0.2, 0) is 14.3 Å². The van der Waals surface area contributed by atoms with Gasteiger partial charge in [-0.1, -0.05) is 60.7 Å². The Hall–Kier alpha value is -3.93. The van der Waals surface area contributed by atoms with Crippen molar-refractivity contribution in [1.82, 2.24) is 4.90 Å². The normalized spacial score (nSPS) is 15.5. The largest absolute Gasteiger partial charge is 0.505 e. The molecule has 1 aliphatic heterocycles. The van der Waals surface area contributed by atoms with Gasteiger partial charge in [0.25, 0.3) is 11.8 Å². The summed E-state index contributed by atoms with van der Waals surface area (Å²) in [5, 5.41) is 10.4. The number of aliphatic hydroxyl groups excluding tert-OH is 1. The number of carbonyl (C=O) groups is 3. The van der Waals surface area contributed by atoms with E-state index in [0.29, 0.717) is 0 Å². The summed E-state index contributed by atoms with van der Waals surface area (Å²) in [4.78, 5) is 38.3. The number of benzene rings is 2. The zero-order valence-electron chi connectivity index (χ0n) is 15.0. The highest BCUT2D eigenvalue weighted by atomic mass is 16.5. The molecule has 0 unspecified atom stereocenters. The minimum absolute atomic E-state index is 0.0913. The highest BCUT2D eigenvalue weighted by Crippen LogP contribution is 2.30. The van der Waals surface area contributed by atoms with Crippen molar-refractivity contribution < 1.29 is 24.2 Å². The van der Waals surface area contributed by atoms with E-state index in [-0.39, 0.29) is 11.3 Å². The van der Waals surface area contributed by atoms with Crippen molar-refractivity contribution >= 4 is 23.9 Å². The average molecular weight is 375 g/mol. The zero-order chi connectivity index (χ0) is 20.1. The van der Waals surface area contributed by atoms with E-state index in [0.717, 1.165) is 17.6 Å². The molecule has 3 rings (SSSR count). The lowest BCUT2D eigenvalue weighted by Crippen LogP contribution is -2.34. The summed E-state index contributed by atoms with van der Waals surface area (Å²) in [7, 11) is 1.09. The number of esters is 1. The van der Waals surface area contributed by atoms with Gasteiger partial charge in [-0.25, -0.2) is 9.69 Å². The Morgan fingerprint density at radius 1 is 1.00 bits per heavy atom. The molecule has 6 nitrogen and oxygen atoms in total. The molecule has 0 saturated heterocycles. The first kappa shape index (κ1) is 18.8. The van der Waals surface area contributed by atoms with Crippen molar-refractivity contribution in [3.8, 4) is 0 Å². The topological polar surface area (TPSA) is 83.9 Å². The van der Waals surface area contributed by atoms with Gasteiger partial charge in [0.1, 0.15) is 0 Å². The van der Waals surface area contributed by atoms with Crippen LogP contribution in [0.1, 0.15) is 15.9 Å². The first-order chi connectivity index (χ1) is 13.5. The molecule has 0 aliphatic carbocycles. The van der Waals surface area contributed by atoms with E-state index >= 15 is 0 Å². The minimum atomic E-state index is -1.01. The maximum absolute atomic E-state index is 12.9. The SMILES string of the molecule is COC(=O)C1=C(O)/C(=C\C=C\c2ccccc2)N(C(=O)c2ccccc2)C1=O. The van der Waals surface area contributed by atoms with Crippen LogP contribution in [0.15, 0.2) is 89.8 Å². The van der Waals surface area contributed by atoms with Crippen molar-refractivity contribution in [3.05, 3.63) is 101 Å². The first-order valence-corrected chi connectivity index (χ1v) is 8.43. The molecule has 2 aromatic carbocycles. The third-order valence-electron chi connectivity index (χ3n) is 4.09. The summed E-state index contributed by atoms with van der Waals surface area (Å²) in [6.45, 7) is 0. The van der Waals surface area contributed by atoms with Gasteiger partial charge in [-0.3, -0.25) is 9.59 Å². The zero-order valence-corrected chi connectivity index (χ0v) is 15.0. The number of hydrogen-bond donors (Lipinski definition) is 1. The van der Waals surface area contributed by atoms with Gasteiger partial charge in [-0.15, -0.1) is 0 Å². The maximum atomic E-state index is 12.9. The van der Waals surface area contributed by atoms with Crippen LogP contribution in [-0.4, -0.2) is 34.9 Å². The van der Waals surface area contributed by atoms with Crippen LogP contribution in [0.2, 0.25) is 0 Å². The Labute approximate surface area is 161 Å². The number of carbonyl (C=O) groups excluding carboxylic acids is 3. The molecule has 1 heterocycles. The summed E-state index contributed by atoms with van der Waals surface area (Å²) in [5.74, 6) is -3.20. The average Bonchev–Trinajstić information content (AvgIpc) is 2.98. The van der Waals surface area contributed by atoms with Crippen LogP contribution in [0, 0.1) is 0 Å². The van der Waals surface area contributed by atoms with Crippen molar-refractivity contribution in [2.24, 2.45) is 0 Å². The number of hydrogen-bond acceptors (Lipinski definition) is 5. The van der Waals surface area contributed by atoms with Crippen molar-refractivity contribution in [2.75, 3.05) is 7.11 Å². The number of rotatable bonds is 4. The summed E-state index contributed by atoms with van der Waals surface area (Å²) >= 11 is 0. The van der Waals surface area contributed by atoms with Gasteiger partial charge in [0.05, 0.1) is 12.8 Å². The fraction of sp³-hybridized carbons (Fsp3) is 0.0455. The number of imide groups is 1.